The summed E-state index contributed by atoms with van der Waals surface area (Å²) in [5.74, 6) is 0. The normalized spacial score (nSPS) is 17.8. The van der Waals surface area contributed by atoms with E-state index < -0.39 is 10.0 Å². The average Bonchev–Trinajstić information content (AvgIpc) is 2.42. The number of benzene rings is 1. The second-order valence-corrected chi connectivity index (χ2v) is 4.49. The highest BCUT2D eigenvalue weighted by Crippen LogP contribution is 2.22. The van der Waals surface area contributed by atoms with Crippen LogP contribution in [0.15, 0.2) is 23.1 Å². The largest absolute Gasteiger partial charge is 0.241 e. The molecule has 0 unspecified atom stereocenters. The van der Waals surface area contributed by atoms with Crippen molar-refractivity contribution < 1.29 is 8.42 Å². The first kappa shape index (κ1) is 8.23. The van der Waals surface area contributed by atoms with E-state index in [1.54, 1.807) is 12.1 Å². The lowest BCUT2D eigenvalue weighted by atomic mass is 10.1. The van der Waals surface area contributed by atoms with Crippen LogP contribution < -0.4 is 4.72 Å². The molecule has 0 aliphatic carbocycles. The third-order valence-electron chi connectivity index (χ3n) is 1.94. The molecule has 0 saturated carbocycles. The van der Waals surface area contributed by atoms with Crippen molar-refractivity contribution in [3.05, 3.63) is 29.3 Å². The van der Waals surface area contributed by atoms with Gasteiger partial charge in [0.2, 0.25) is 10.0 Å². The third-order valence-corrected chi connectivity index (χ3v) is 3.42. The summed E-state index contributed by atoms with van der Waals surface area (Å²) in [4.78, 5) is 0.228. The molecule has 0 amide bonds. The van der Waals surface area contributed by atoms with Crippen molar-refractivity contribution in [1.29, 1.82) is 5.26 Å². The Kier molecular flexibility index (Phi) is 1.62. The molecular formula is C8H6N2O2S. The van der Waals surface area contributed by atoms with Crippen molar-refractivity contribution >= 4 is 10.0 Å². The van der Waals surface area contributed by atoms with Gasteiger partial charge in [-0.2, -0.15) is 5.26 Å². The van der Waals surface area contributed by atoms with Crippen molar-refractivity contribution in [2.75, 3.05) is 0 Å². The van der Waals surface area contributed by atoms with Gasteiger partial charge in [0.1, 0.15) is 0 Å². The summed E-state index contributed by atoms with van der Waals surface area (Å²) in [6.07, 6.45) is 0. The molecule has 2 rings (SSSR count). The van der Waals surface area contributed by atoms with Crippen LogP contribution in [0.3, 0.4) is 0 Å². The molecule has 4 nitrogen and oxygen atoms in total. The highest BCUT2D eigenvalue weighted by atomic mass is 32.2. The Morgan fingerprint density at radius 3 is 2.92 bits per heavy atom. The van der Waals surface area contributed by atoms with Gasteiger partial charge < -0.3 is 0 Å². The van der Waals surface area contributed by atoms with Crippen molar-refractivity contribution in [2.45, 2.75) is 11.4 Å². The fourth-order valence-electron chi connectivity index (χ4n) is 1.27. The number of hydrogen-bond donors (Lipinski definition) is 1. The van der Waals surface area contributed by atoms with Crippen LogP contribution in [0.5, 0.6) is 0 Å². The van der Waals surface area contributed by atoms with Gasteiger partial charge in [0.15, 0.2) is 0 Å². The van der Waals surface area contributed by atoms with Gasteiger partial charge in [-0.05, 0) is 17.7 Å². The molecule has 0 spiro atoms. The van der Waals surface area contributed by atoms with Crippen LogP contribution >= 0.6 is 0 Å². The second-order valence-electron chi connectivity index (χ2n) is 2.76. The molecule has 1 aliphatic heterocycles. The Labute approximate surface area is 75.9 Å². The third kappa shape index (κ3) is 1.20. The van der Waals surface area contributed by atoms with Gasteiger partial charge in [0.05, 0.1) is 16.5 Å². The molecular weight excluding hydrogens is 188 g/mol. The van der Waals surface area contributed by atoms with E-state index in [9.17, 15) is 8.42 Å². The Hall–Kier alpha value is -1.38. The lowest BCUT2D eigenvalue weighted by molar-refractivity contribution is 0.589. The Morgan fingerprint density at radius 2 is 2.23 bits per heavy atom. The number of fused-ring (bicyclic) bond motifs is 1. The van der Waals surface area contributed by atoms with Crippen LogP contribution in [0.4, 0.5) is 0 Å². The highest BCUT2D eigenvalue weighted by molar-refractivity contribution is 7.89. The fraction of sp³-hybridized carbons (Fsp3) is 0.125. The molecule has 1 N–H and O–H groups in total. The zero-order valence-corrected chi connectivity index (χ0v) is 7.43. The highest BCUT2D eigenvalue weighted by Gasteiger charge is 2.25. The number of nitrogens with one attached hydrogen (secondary N) is 1. The lowest BCUT2D eigenvalue weighted by Gasteiger charge is -1.95. The van der Waals surface area contributed by atoms with E-state index in [4.69, 9.17) is 5.26 Å². The Bertz CT molecular complexity index is 499. The standard InChI is InChI=1S/C8H6N2O2S/c9-4-6-1-2-7-5-10-13(11,12)8(7)3-6/h1-3,10H,5H2. The van der Waals surface area contributed by atoms with Gasteiger partial charge in [-0.1, -0.05) is 6.07 Å². The van der Waals surface area contributed by atoms with Crippen LogP contribution in [0.2, 0.25) is 0 Å². The van der Waals surface area contributed by atoms with Gasteiger partial charge in [-0.25, -0.2) is 13.1 Å². The summed E-state index contributed by atoms with van der Waals surface area (Å²) >= 11 is 0. The predicted molar refractivity (Wildman–Crippen MR) is 45.2 cm³/mol. The Morgan fingerprint density at radius 1 is 1.46 bits per heavy atom. The van der Waals surface area contributed by atoms with Crippen LogP contribution in [0, 0.1) is 11.3 Å². The smallest absolute Gasteiger partial charge is 0.207 e. The molecule has 1 aromatic rings. The lowest BCUT2D eigenvalue weighted by Crippen LogP contribution is -2.13. The van der Waals surface area contributed by atoms with E-state index >= 15 is 0 Å². The molecule has 1 aromatic carbocycles. The van der Waals surface area contributed by atoms with Crippen molar-refractivity contribution in [1.82, 2.24) is 4.72 Å². The number of nitriles is 1. The van der Waals surface area contributed by atoms with Gasteiger partial charge in [-0.3, -0.25) is 0 Å². The molecule has 0 saturated heterocycles. The van der Waals surface area contributed by atoms with E-state index in [1.165, 1.54) is 6.07 Å². The molecule has 0 atom stereocenters. The van der Waals surface area contributed by atoms with E-state index in [1.807, 2.05) is 6.07 Å². The van der Waals surface area contributed by atoms with Crippen LogP contribution in [0.25, 0.3) is 0 Å². The minimum atomic E-state index is -3.34. The van der Waals surface area contributed by atoms with Gasteiger partial charge >= 0.3 is 0 Å². The van der Waals surface area contributed by atoms with Crippen LogP contribution in [-0.4, -0.2) is 8.42 Å². The molecule has 5 heteroatoms. The van der Waals surface area contributed by atoms with Crippen molar-refractivity contribution in [2.24, 2.45) is 0 Å². The quantitative estimate of drug-likeness (QED) is 0.647. The van der Waals surface area contributed by atoms with E-state index in [0.717, 1.165) is 5.56 Å². The predicted octanol–water partition coefficient (Wildman–Crippen LogP) is 0.350. The minimum absolute atomic E-state index is 0.228. The molecule has 0 aromatic heterocycles. The van der Waals surface area contributed by atoms with Crippen LogP contribution in [-0.2, 0) is 16.6 Å². The maximum absolute atomic E-state index is 11.3. The van der Waals surface area contributed by atoms with Gasteiger partial charge in [0, 0.05) is 6.54 Å². The fourth-order valence-corrected chi connectivity index (χ4v) is 2.54. The Balaban J connectivity index is 2.71. The summed E-state index contributed by atoms with van der Waals surface area (Å²) in [5, 5.41) is 8.57. The molecule has 0 fully saturated rings. The summed E-state index contributed by atoms with van der Waals surface area (Å²) in [6.45, 7) is 0.323. The van der Waals surface area contributed by atoms with E-state index in [-0.39, 0.29) is 4.90 Å². The summed E-state index contributed by atoms with van der Waals surface area (Å²) in [7, 11) is -3.34. The summed E-state index contributed by atoms with van der Waals surface area (Å²) in [5.41, 5.74) is 1.09. The maximum Gasteiger partial charge on any atom is 0.241 e. The number of hydrogen-bond acceptors (Lipinski definition) is 3. The first-order chi connectivity index (χ1) is 6.13. The molecule has 0 bridgehead atoms. The first-order valence-corrected chi connectivity index (χ1v) is 5.14. The summed E-state index contributed by atoms with van der Waals surface area (Å²) in [6, 6.07) is 6.57. The number of rotatable bonds is 0. The van der Waals surface area contributed by atoms with E-state index in [0.29, 0.717) is 12.1 Å². The zero-order chi connectivity index (χ0) is 9.47. The molecule has 1 heterocycles. The molecule has 1 aliphatic rings. The second kappa shape index (κ2) is 2.55. The molecule has 0 radical (unpaired) electrons. The van der Waals surface area contributed by atoms with Gasteiger partial charge in [-0.15, -0.1) is 0 Å². The first-order valence-electron chi connectivity index (χ1n) is 3.66. The number of nitrogens with zero attached hydrogens (tertiary/aromatic N) is 1. The van der Waals surface area contributed by atoms with Gasteiger partial charge in [0.25, 0.3) is 0 Å². The van der Waals surface area contributed by atoms with Crippen molar-refractivity contribution in [3.8, 4) is 6.07 Å². The van der Waals surface area contributed by atoms with E-state index in [2.05, 4.69) is 4.72 Å². The average molecular weight is 194 g/mol. The molecule has 66 valence electrons. The van der Waals surface area contributed by atoms with Crippen LogP contribution in [0.1, 0.15) is 11.1 Å². The maximum atomic E-state index is 11.3. The minimum Gasteiger partial charge on any atom is -0.207 e. The monoisotopic (exact) mass is 194 g/mol. The molecule has 13 heavy (non-hydrogen) atoms. The topological polar surface area (TPSA) is 70.0 Å². The SMILES string of the molecule is N#Cc1ccc2c(c1)S(=O)(=O)NC2. The van der Waals surface area contributed by atoms with Crippen molar-refractivity contribution in [3.63, 3.8) is 0 Å². The zero-order valence-electron chi connectivity index (χ0n) is 6.61. The summed E-state index contributed by atoms with van der Waals surface area (Å²) < 4.78 is 25.0. The number of sulfonamides is 1.